The summed E-state index contributed by atoms with van der Waals surface area (Å²) in [6, 6.07) is -1.05. The molecule has 0 fully saturated rings. The Hall–Kier alpha value is -2.05. The maximum absolute atomic E-state index is 12.5. The third-order valence-electron chi connectivity index (χ3n) is 2.83. The van der Waals surface area contributed by atoms with Crippen molar-refractivity contribution < 1.29 is 53.7 Å². The van der Waals surface area contributed by atoms with Crippen LogP contribution in [0.5, 0.6) is 17.2 Å². The fourth-order valence-corrected chi connectivity index (χ4v) is 1.80. The highest BCUT2D eigenvalue weighted by atomic mass is 19.4. The van der Waals surface area contributed by atoms with Crippen molar-refractivity contribution >= 4 is 0 Å². The molecule has 1 aromatic carbocycles. The van der Waals surface area contributed by atoms with Gasteiger partial charge in [-0.1, -0.05) is 13.8 Å². The molecule has 1 unspecified atom stereocenters. The summed E-state index contributed by atoms with van der Waals surface area (Å²) in [5.41, 5.74) is 4.97. The maximum Gasteiger partial charge on any atom is 0.573 e. The predicted molar refractivity (Wildman–Crippen MR) is 68.3 cm³/mol. The second-order valence-corrected chi connectivity index (χ2v) is 5.25. The molecule has 0 aliphatic carbocycles. The lowest BCUT2D eigenvalue weighted by Gasteiger charge is -2.23. The Morgan fingerprint density at radius 3 is 1.38 bits per heavy atom. The molecule has 0 aromatic heterocycles. The molecule has 4 nitrogen and oxygen atoms in total. The molecule has 1 atom stereocenters. The van der Waals surface area contributed by atoms with E-state index in [2.05, 4.69) is 14.2 Å². The molecular formula is C13H12F9NO3. The Balaban J connectivity index is 3.58. The summed E-state index contributed by atoms with van der Waals surface area (Å²) in [6.07, 6.45) is -16.3. The Labute approximate surface area is 140 Å². The zero-order valence-corrected chi connectivity index (χ0v) is 13.0. The highest BCUT2D eigenvalue weighted by Crippen LogP contribution is 2.44. The van der Waals surface area contributed by atoms with Crippen molar-refractivity contribution in [1.29, 1.82) is 0 Å². The first kappa shape index (κ1) is 22.0. The Kier molecular flexibility index (Phi) is 6.16. The van der Waals surface area contributed by atoms with Crippen LogP contribution in [0, 0.1) is 5.92 Å². The lowest BCUT2D eigenvalue weighted by Crippen LogP contribution is -2.25. The Bertz CT molecular complexity index is 623. The summed E-state index contributed by atoms with van der Waals surface area (Å²) < 4.78 is 122. The molecule has 0 saturated carbocycles. The van der Waals surface area contributed by atoms with Gasteiger partial charge in [-0.3, -0.25) is 0 Å². The number of nitrogens with two attached hydrogens (primary N) is 1. The molecule has 26 heavy (non-hydrogen) atoms. The summed E-state index contributed by atoms with van der Waals surface area (Å²) in [5, 5.41) is 0. The second-order valence-electron chi connectivity index (χ2n) is 5.25. The highest BCUT2D eigenvalue weighted by molar-refractivity contribution is 5.52. The van der Waals surface area contributed by atoms with E-state index >= 15 is 0 Å². The van der Waals surface area contributed by atoms with E-state index in [1.165, 1.54) is 13.8 Å². The van der Waals surface area contributed by atoms with Crippen molar-refractivity contribution in [2.45, 2.75) is 39.0 Å². The van der Waals surface area contributed by atoms with Crippen LogP contribution >= 0.6 is 0 Å². The van der Waals surface area contributed by atoms with Gasteiger partial charge in [0.05, 0.1) is 0 Å². The first-order valence-corrected chi connectivity index (χ1v) is 6.69. The molecule has 0 aliphatic rings. The van der Waals surface area contributed by atoms with Crippen molar-refractivity contribution in [3.05, 3.63) is 17.7 Å². The molecule has 2 N–H and O–H groups in total. The lowest BCUT2D eigenvalue weighted by atomic mass is 9.95. The SMILES string of the molecule is CC(C)C(N)c1cc(OC(F)(F)F)c(OC(F)(F)F)cc1OC(F)(F)F. The number of rotatable bonds is 5. The van der Waals surface area contributed by atoms with Crippen LogP contribution in [0.3, 0.4) is 0 Å². The molecule has 0 bridgehead atoms. The van der Waals surface area contributed by atoms with Crippen LogP contribution in [0.2, 0.25) is 0 Å². The molecule has 0 heterocycles. The largest absolute Gasteiger partial charge is 0.573 e. The molecular weight excluding hydrogens is 389 g/mol. The molecule has 0 spiro atoms. The second kappa shape index (κ2) is 7.29. The smallest absolute Gasteiger partial charge is 0.405 e. The normalized spacial score (nSPS) is 14.3. The van der Waals surface area contributed by atoms with Gasteiger partial charge in [-0.05, 0) is 12.0 Å². The third-order valence-corrected chi connectivity index (χ3v) is 2.83. The summed E-state index contributed by atoms with van der Waals surface area (Å²) in [7, 11) is 0. The van der Waals surface area contributed by atoms with Crippen LogP contribution in [-0.4, -0.2) is 19.1 Å². The first-order valence-electron chi connectivity index (χ1n) is 6.69. The van der Waals surface area contributed by atoms with Gasteiger partial charge in [0.15, 0.2) is 11.5 Å². The molecule has 0 aliphatic heterocycles. The molecule has 1 rings (SSSR count). The summed E-state index contributed by atoms with van der Waals surface area (Å²) in [5.74, 6) is -5.03. The zero-order chi connectivity index (χ0) is 20.5. The van der Waals surface area contributed by atoms with E-state index in [0.717, 1.165) is 0 Å². The van der Waals surface area contributed by atoms with Crippen molar-refractivity contribution in [2.24, 2.45) is 11.7 Å². The fraction of sp³-hybridized carbons (Fsp3) is 0.538. The van der Waals surface area contributed by atoms with Gasteiger partial charge in [0, 0.05) is 17.7 Å². The number of ether oxygens (including phenoxy) is 3. The number of alkyl halides is 9. The fourth-order valence-electron chi connectivity index (χ4n) is 1.80. The van der Waals surface area contributed by atoms with Gasteiger partial charge in [0.1, 0.15) is 5.75 Å². The van der Waals surface area contributed by atoms with Crippen LogP contribution in [0.25, 0.3) is 0 Å². The van der Waals surface area contributed by atoms with Crippen LogP contribution in [-0.2, 0) is 0 Å². The average Bonchev–Trinajstić information content (AvgIpc) is 2.35. The monoisotopic (exact) mass is 401 g/mol. The minimum atomic E-state index is -5.50. The van der Waals surface area contributed by atoms with Crippen molar-refractivity contribution in [3.8, 4) is 17.2 Å². The van der Waals surface area contributed by atoms with E-state index in [0.29, 0.717) is 0 Å². The molecule has 150 valence electrons. The first-order chi connectivity index (χ1) is 11.5. The topological polar surface area (TPSA) is 53.7 Å². The molecule has 0 saturated heterocycles. The van der Waals surface area contributed by atoms with Gasteiger partial charge >= 0.3 is 19.1 Å². The quantitative estimate of drug-likeness (QED) is 0.703. The van der Waals surface area contributed by atoms with Crippen molar-refractivity contribution in [2.75, 3.05) is 0 Å². The van der Waals surface area contributed by atoms with Gasteiger partial charge in [-0.25, -0.2) is 0 Å². The van der Waals surface area contributed by atoms with Gasteiger partial charge in [0.25, 0.3) is 0 Å². The van der Waals surface area contributed by atoms with E-state index in [1.54, 1.807) is 0 Å². The van der Waals surface area contributed by atoms with Gasteiger partial charge in [-0.15, -0.1) is 39.5 Å². The van der Waals surface area contributed by atoms with E-state index < -0.39 is 53.9 Å². The molecule has 1 aromatic rings. The van der Waals surface area contributed by atoms with Crippen molar-refractivity contribution in [1.82, 2.24) is 0 Å². The van der Waals surface area contributed by atoms with Crippen LogP contribution in [0.4, 0.5) is 39.5 Å². The summed E-state index contributed by atoms with van der Waals surface area (Å²) in [4.78, 5) is 0. The van der Waals surface area contributed by atoms with Gasteiger partial charge in [0.2, 0.25) is 0 Å². The summed E-state index contributed by atoms with van der Waals surface area (Å²) >= 11 is 0. The minimum absolute atomic E-state index is 0.0143. The maximum atomic E-state index is 12.5. The Morgan fingerprint density at radius 1 is 0.692 bits per heavy atom. The van der Waals surface area contributed by atoms with E-state index in [9.17, 15) is 39.5 Å². The van der Waals surface area contributed by atoms with Crippen LogP contribution in [0.15, 0.2) is 12.1 Å². The number of hydrogen-bond acceptors (Lipinski definition) is 4. The van der Waals surface area contributed by atoms with E-state index in [-0.39, 0.29) is 12.1 Å². The average molecular weight is 401 g/mol. The summed E-state index contributed by atoms with van der Waals surface area (Å²) in [6.45, 7) is 2.85. The van der Waals surface area contributed by atoms with Crippen LogP contribution in [0.1, 0.15) is 25.5 Å². The highest BCUT2D eigenvalue weighted by Gasteiger charge is 2.39. The molecule has 0 radical (unpaired) electrons. The van der Waals surface area contributed by atoms with E-state index in [1.807, 2.05) is 0 Å². The Morgan fingerprint density at radius 2 is 1.04 bits per heavy atom. The molecule has 13 heteroatoms. The lowest BCUT2D eigenvalue weighted by molar-refractivity contribution is -0.288. The molecule has 0 amide bonds. The zero-order valence-electron chi connectivity index (χ0n) is 13.0. The minimum Gasteiger partial charge on any atom is -0.405 e. The number of halogens is 9. The van der Waals surface area contributed by atoms with E-state index in [4.69, 9.17) is 5.73 Å². The predicted octanol–water partition coefficient (Wildman–Crippen LogP) is 5.04. The number of hydrogen-bond donors (Lipinski definition) is 1. The van der Waals surface area contributed by atoms with Crippen molar-refractivity contribution in [3.63, 3.8) is 0 Å². The standard InChI is InChI=1S/C13H12F9NO3/c1-5(2)10(23)6-3-8(25-12(17,18)19)9(26-13(20,21)22)4-7(6)24-11(14,15)16/h3-5,10H,23H2,1-2H3. The van der Waals surface area contributed by atoms with Gasteiger partial charge in [-0.2, -0.15) is 0 Å². The van der Waals surface area contributed by atoms with Gasteiger partial charge < -0.3 is 19.9 Å². The van der Waals surface area contributed by atoms with Crippen LogP contribution < -0.4 is 19.9 Å². The third kappa shape index (κ3) is 7.06. The number of benzene rings is 1.